The summed E-state index contributed by atoms with van der Waals surface area (Å²) in [6, 6.07) is 15.1. The molecular weight excluding hydrogens is 475 g/mol. The summed E-state index contributed by atoms with van der Waals surface area (Å²) in [5, 5.41) is 9.07. The minimum atomic E-state index is -0.721. The molecular formula is C25H18ClFN4O4. The van der Waals surface area contributed by atoms with Gasteiger partial charge in [-0.3, -0.25) is 14.4 Å². The monoisotopic (exact) mass is 492 g/mol. The molecule has 0 aliphatic carbocycles. The maximum atomic E-state index is 14.0. The first-order valence-electron chi connectivity index (χ1n) is 10.4. The number of halogens is 2. The van der Waals surface area contributed by atoms with Crippen LogP contribution in [0.1, 0.15) is 12.0 Å². The Kier molecular flexibility index (Phi) is 6.94. The van der Waals surface area contributed by atoms with Gasteiger partial charge in [-0.15, -0.1) is 0 Å². The molecule has 0 saturated heterocycles. The Morgan fingerprint density at radius 3 is 2.71 bits per heavy atom. The summed E-state index contributed by atoms with van der Waals surface area (Å²) >= 11 is 6.20. The van der Waals surface area contributed by atoms with Gasteiger partial charge in [-0.2, -0.15) is 5.26 Å². The first-order valence-corrected chi connectivity index (χ1v) is 10.8. The molecule has 0 aliphatic rings. The van der Waals surface area contributed by atoms with Crippen molar-refractivity contribution >= 4 is 35.1 Å². The maximum absolute atomic E-state index is 14.0. The largest absolute Gasteiger partial charge is 0.494 e. The predicted octanol–water partition coefficient (Wildman–Crippen LogP) is 4.69. The first kappa shape index (κ1) is 23.7. The number of hydrogen-bond acceptors (Lipinski definition) is 6. The fraction of sp³-hybridized carbons (Fsp3) is 0.120. The van der Waals surface area contributed by atoms with Crippen LogP contribution in [-0.4, -0.2) is 22.5 Å². The Morgan fingerprint density at radius 1 is 1.23 bits per heavy atom. The number of furan rings is 1. The van der Waals surface area contributed by atoms with Crippen molar-refractivity contribution in [2.75, 3.05) is 7.11 Å². The van der Waals surface area contributed by atoms with E-state index in [1.807, 2.05) is 36.4 Å². The molecule has 0 saturated carbocycles. The van der Waals surface area contributed by atoms with Gasteiger partial charge in [0.1, 0.15) is 5.76 Å². The van der Waals surface area contributed by atoms with Gasteiger partial charge in [0, 0.05) is 36.8 Å². The number of aromatic nitrogens is 2. The van der Waals surface area contributed by atoms with E-state index in [0.717, 1.165) is 16.2 Å². The van der Waals surface area contributed by atoms with Crippen molar-refractivity contribution in [3.05, 3.63) is 92.0 Å². The van der Waals surface area contributed by atoms with Gasteiger partial charge < -0.3 is 9.15 Å². The SMILES string of the molecule is COc1cc(-c2cc3c(o2)c(=O)n(/C=C/N=Cc2ccccc2)c(=O)n3CCC#N)c(Cl)cc1F. The molecule has 0 spiro atoms. The molecule has 4 aromatic rings. The van der Waals surface area contributed by atoms with E-state index in [9.17, 15) is 14.0 Å². The number of hydrogen-bond donors (Lipinski definition) is 0. The van der Waals surface area contributed by atoms with E-state index >= 15 is 0 Å². The third-order valence-corrected chi connectivity index (χ3v) is 5.45. The van der Waals surface area contributed by atoms with Gasteiger partial charge in [0.2, 0.25) is 5.58 Å². The molecule has 0 radical (unpaired) electrons. The Morgan fingerprint density at radius 2 is 2.00 bits per heavy atom. The molecule has 10 heteroatoms. The van der Waals surface area contributed by atoms with Crippen LogP contribution in [0.15, 0.2) is 73.7 Å². The zero-order valence-electron chi connectivity index (χ0n) is 18.4. The molecule has 35 heavy (non-hydrogen) atoms. The number of nitrogens with zero attached hydrogens (tertiary/aromatic N) is 4. The molecule has 4 rings (SSSR count). The van der Waals surface area contributed by atoms with Crippen molar-refractivity contribution in [3.8, 4) is 23.1 Å². The Hall–Kier alpha value is -4.42. The maximum Gasteiger partial charge on any atom is 0.335 e. The number of rotatable bonds is 7. The van der Waals surface area contributed by atoms with Crippen LogP contribution in [0, 0.1) is 17.1 Å². The van der Waals surface area contributed by atoms with Gasteiger partial charge in [0.05, 0.1) is 30.1 Å². The second-order valence-electron chi connectivity index (χ2n) is 7.30. The molecule has 0 amide bonds. The first-order chi connectivity index (χ1) is 16.9. The number of ether oxygens (including phenoxy) is 1. The number of nitriles is 1. The molecule has 2 heterocycles. The summed E-state index contributed by atoms with van der Waals surface area (Å²) in [4.78, 5) is 30.3. The van der Waals surface area contributed by atoms with Gasteiger partial charge in [0.15, 0.2) is 11.6 Å². The van der Waals surface area contributed by atoms with Gasteiger partial charge in [-0.25, -0.2) is 13.8 Å². The summed E-state index contributed by atoms with van der Waals surface area (Å²) < 4.78 is 26.9. The molecule has 0 unspecified atom stereocenters. The highest BCUT2D eigenvalue weighted by atomic mass is 35.5. The van der Waals surface area contributed by atoms with Crippen LogP contribution in [0.25, 0.3) is 28.6 Å². The molecule has 0 N–H and O–H groups in total. The molecule has 0 atom stereocenters. The Labute approximate surface area is 203 Å². The van der Waals surface area contributed by atoms with Gasteiger partial charge in [-0.1, -0.05) is 41.9 Å². The third kappa shape index (κ3) is 4.78. The number of methoxy groups -OCH3 is 1. The molecule has 176 valence electrons. The van der Waals surface area contributed by atoms with Crippen molar-refractivity contribution in [2.24, 2.45) is 4.99 Å². The highest BCUT2D eigenvalue weighted by molar-refractivity contribution is 6.33. The standard InChI is InChI=1S/C25H18ClFN4O4/c1-34-22-12-17(18(26)13-19(22)27)21-14-20-23(35-21)24(32)31(25(33)30(20)10-5-8-28)11-9-29-15-16-6-3-2-4-7-16/h2-4,6-7,9,11-15H,5,10H2,1H3/b11-9+,29-15?. The average molecular weight is 493 g/mol. The van der Waals surface area contributed by atoms with Crippen LogP contribution in [0.2, 0.25) is 5.02 Å². The molecule has 2 aromatic carbocycles. The fourth-order valence-electron chi connectivity index (χ4n) is 3.45. The lowest BCUT2D eigenvalue weighted by Crippen LogP contribution is -2.37. The molecule has 2 aromatic heterocycles. The predicted molar refractivity (Wildman–Crippen MR) is 131 cm³/mol. The van der Waals surface area contributed by atoms with Crippen molar-refractivity contribution in [2.45, 2.75) is 13.0 Å². The summed E-state index contributed by atoms with van der Waals surface area (Å²) in [7, 11) is 1.31. The Balaban J connectivity index is 1.85. The Bertz CT molecular complexity index is 1610. The van der Waals surface area contributed by atoms with E-state index in [2.05, 4.69) is 4.99 Å². The van der Waals surface area contributed by atoms with E-state index in [-0.39, 0.29) is 46.2 Å². The summed E-state index contributed by atoms with van der Waals surface area (Å²) in [6.07, 6.45) is 4.13. The van der Waals surface area contributed by atoms with E-state index in [0.29, 0.717) is 0 Å². The molecule has 0 aliphatic heterocycles. The molecule has 0 fully saturated rings. The van der Waals surface area contributed by atoms with Crippen LogP contribution in [-0.2, 0) is 6.54 Å². The van der Waals surface area contributed by atoms with E-state index in [4.69, 9.17) is 26.0 Å². The van der Waals surface area contributed by atoms with E-state index in [1.54, 1.807) is 6.21 Å². The van der Waals surface area contributed by atoms with Crippen molar-refractivity contribution in [1.82, 2.24) is 9.13 Å². The number of aryl methyl sites for hydroxylation is 1. The normalized spacial score (nSPS) is 11.5. The second-order valence-corrected chi connectivity index (χ2v) is 7.70. The minimum absolute atomic E-state index is 0.0205. The highest BCUT2D eigenvalue weighted by Crippen LogP contribution is 2.35. The van der Waals surface area contributed by atoms with Crippen LogP contribution in [0.3, 0.4) is 0 Å². The lowest BCUT2D eigenvalue weighted by molar-refractivity contribution is 0.386. The van der Waals surface area contributed by atoms with Crippen LogP contribution in [0.4, 0.5) is 4.39 Å². The van der Waals surface area contributed by atoms with Crippen molar-refractivity contribution in [1.29, 1.82) is 5.26 Å². The van der Waals surface area contributed by atoms with Crippen molar-refractivity contribution in [3.63, 3.8) is 0 Å². The van der Waals surface area contributed by atoms with E-state index in [1.165, 1.54) is 36.2 Å². The number of benzene rings is 2. The summed E-state index contributed by atoms with van der Waals surface area (Å²) in [6.45, 7) is 0.0205. The van der Waals surface area contributed by atoms with Gasteiger partial charge >= 0.3 is 11.2 Å². The van der Waals surface area contributed by atoms with Gasteiger partial charge in [0.25, 0.3) is 0 Å². The van der Waals surface area contributed by atoms with Crippen LogP contribution >= 0.6 is 11.6 Å². The third-order valence-electron chi connectivity index (χ3n) is 5.13. The zero-order chi connectivity index (χ0) is 24.9. The van der Waals surface area contributed by atoms with Crippen LogP contribution in [0.5, 0.6) is 5.75 Å². The van der Waals surface area contributed by atoms with Crippen LogP contribution < -0.4 is 16.0 Å². The molecule has 0 bridgehead atoms. The average Bonchev–Trinajstić information content (AvgIpc) is 3.29. The zero-order valence-corrected chi connectivity index (χ0v) is 19.2. The fourth-order valence-corrected chi connectivity index (χ4v) is 3.70. The summed E-state index contributed by atoms with van der Waals surface area (Å²) in [5.74, 6) is -0.593. The molecule has 8 nitrogen and oxygen atoms in total. The second kappa shape index (κ2) is 10.2. The lowest BCUT2D eigenvalue weighted by Gasteiger charge is -2.06. The van der Waals surface area contributed by atoms with E-state index < -0.39 is 17.1 Å². The quantitative estimate of drug-likeness (QED) is 0.348. The topological polar surface area (TPSA) is 103 Å². The number of fused-ring (bicyclic) bond motifs is 1. The van der Waals surface area contributed by atoms with Crippen molar-refractivity contribution < 1.29 is 13.5 Å². The highest BCUT2D eigenvalue weighted by Gasteiger charge is 2.20. The summed E-state index contributed by atoms with van der Waals surface area (Å²) in [5.41, 5.74) is -0.224. The number of aliphatic imine (C=N–C) groups is 1. The lowest BCUT2D eigenvalue weighted by atomic mass is 10.1. The minimum Gasteiger partial charge on any atom is -0.494 e. The smallest absolute Gasteiger partial charge is 0.335 e. The van der Waals surface area contributed by atoms with Gasteiger partial charge in [-0.05, 0) is 17.7 Å².